The maximum atomic E-state index is 12.0. The zero-order valence-electron chi connectivity index (χ0n) is 19.5. The van der Waals surface area contributed by atoms with E-state index >= 15 is 0 Å². The number of hydrazone groups is 1. The topological polar surface area (TPSA) is 103 Å². The molecule has 0 aliphatic rings. The minimum atomic E-state index is -0.527. The first kappa shape index (κ1) is 24.8. The third-order valence-corrected chi connectivity index (χ3v) is 4.79. The first-order chi connectivity index (χ1) is 14.9. The molecule has 0 saturated heterocycles. The minimum absolute atomic E-state index is 0.0413. The predicted molar refractivity (Wildman–Crippen MR) is 124 cm³/mol. The van der Waals surface area contributed by atoms with Gasteiger partial charge in [-0.25, -0.2) is 5.43 Å². The van der Waals surface area contributed by atoms with Crippen molar-refractivity contribution in [3.8, 4) is 11.5 Å². The number of ether oxygens (including phenoxy) is 2. The van der Waals surface area contributed by atoms with E-state index in [0.29, 0.717) is 5.75 Å². The average Bonchev–Trinajstić information content (AvgIpc) is 2.70. The van der Waals surface area contributed by atoms with E-state index in [-0.39, 0.29) is 22.3 Å². The second-order valence-electron chi connectivity index (χ2n) is 9.42. The van der Waals surface area contributed by atoms with Gasteiger partial charge in [0.05, 0.1) is 18.2 Å². The summed E-state index contributed by atoms with van der Waals surface area (Å²) in [6.07, 6.45) is 2.33. The Labute approximate surface area is 188 Å². The summed E-state index contributed by atoms with van der Waals surface area (Å²) < 4.78 is 10.5. The highest BCUT2D eigenvalue weighted by molar-refractivity contribution is 5.83. The number of nitro benzene ring substituents is 1. The molecule has 0 radical (unpaired) electrons. The van der Waals surface area contributed by atoms with E-state index in [1.54, 1.807) is 37.4 Å². The number of rotatable bonds is 9. The van der Waals surface area contributed by atoms with Crippen molar-refractivity contribution in [2.24, 2.45) is 10.5 Å². The zero-order valence-corrected chi connectivity index (χ0v) is 19.5. The standard InChI is InChI=1S/C24H31N3O5/c1-23(2,3)16-24(4,5)18-9-12-21(20(13-18)27(29)30)32-15-22(28)26-25-14-17-7-10-19(31-6)11-8-17/h7-14H,15-16H2,1-6H3,(H,26,28)/b25-14+. The number of nitro groups is 1. The van der Waals surface area contributed by atoms with Crippen molar-refractivity contribution >= 4 is 17.8 Å². The Bertz CT molecular complexity index is 976. The molecule has 1 amide bonds. The number of nitrogens with zero attached hydrogens (tertiary/aromatic N) is 2. The second-order valence-corrected chi connectivity index (χ2v) is 9.42. The van der Waals surface area contributed by atoms with Crippen molar-refractivity contribution in [1.29, 1.82) is 0 Å². The van der Waals surface area contributed by atoms with Gasteiger partial charge in [-0.3, -0.25) is 14.9 Å². The van der Waals surface area contributed by atoms with Gasteiger partial charge in [0.2, 0.25) is 0 Å². The fourth-order valence-electron chi connectivity index (χ4n) is 3.68. The molecule has 2 rings (SSSR count). The molecule has 1 N–H and O–H groups in total. The molecule has 32 heavy (non-hydrogen) atoms. The molecule has 0 spiro atoms. The summed E-state index contributed by atoms with van der Waals surface area (Å²) in [7, 11) is 1.58. The molecule has 0 bridgehead atoms. The molecule has 2 aromatic rings. The Morgan fingerprint density at radius 3 is 2.34 bits per heavy atom. The van der Waals surface area contributed by atoms with E-state index in [9.17, 15) is 14.9 Å². The van der Waals surface area contributed by atoms with Crippen molar-refractivity contribution in [2.75, 3.05) is 13.7 Å². The van der Waals surface area contributed by atoms with Crippen molar-refractivity contribution in [3.05, 3.63) is 63.7 Å². The van der Waals surface area contributed by atoms with E-state index in [4.69, 9.17) is 9.47 Å². The number of hydrogen-bond donors (Lipinski definition) is 1. The van der Waals surface area contributed by atoms with Gasteiger partial charge in [0, 0.05) is 6.07 Å². The Morgan fingerprint density at radius 2 is 1.78 bits per heavy atom. The quantitative estimate of drug-likeness (QED) is 0.340. The summed E-state index contributed by atoms with van der Waals surface area (Å²) in [4.78, 5) is 23.1. The van der Waals surface area contributed by atoms with Crippen LogP contribution in [0.1, 0.15) is 52.2 Å². The Morgan fingerprint density at radius 1 is 1.12 bits per heavy atom. The predicted octanol–water partition coefficient (Wildman–Crippen LogP) is 4.85. The molecule has 172 valence electrons. The molecule has 0 fully saturated rings. The van der Waals surface area contributed by atoms with Crippen LogP contribution in [0.5, 0.6) is 11.5 Å². The summed E-state index contributed by atoms with van der Waals surface area (Å²) in [5.74, 6) is 0.231. The molecule has 0 saturated carbocycles. The highest BCUT2D eigenvalue weighted by Crippen LogP contribution is 2.39. The normalized spacial score (nSPS) is 11.9. The van der Waals surface area contributed by atoms with E-state index in [1.165, 1.54) is 12.3 Å². The van der Waals surface area contributed by atoms with Crippen LogP contribution in [0, 0.1) is 15.5 Å². The number of carbonyl (C=O) groups excluding carboxylic acids is 1. The fraction of sp³-hybridized carbons (Fsp3) is 0.417. The van der Waals surface area contributed by atoms with Gasteiger partial charge in [-0.1, -0.05) is 40.7 Å². The molecule has 8 heteroatoms. The van der Waals surface area contributed by atoms with E-state index in [1.807, 2.05) is 6.07 Å². The number of carbonyl (C=O) groups is 1. The summed E-state index contributed by atoms with van der Waals surface area (Å²) in [6.45, 7) is 10.1. The minimum Gasteiger partial charge on any atom is -0.497 e. The van der Waals surface area contributed by atoms with Gasteiger partial charge in [0.1, 0.15) is 5.75 Å². The zero-order chi connectivity index (χ0) is 23.9. The van der Waals surface area contributed by atoms with Crippen molar-refractivity contribution in [1.82, 2.24) is 5.43 Å². The molecule has 2 aromatic carbocycles. The van der Waals surface area contributed by atoms with Gasteiger partial charge in [-0.2, -0.15) is 5.10 Å². The molecule has 0 atom stereocenters. The van der Waals surface area contributed by atoms with Crippen LogP contribution in [0.25, 0.3) is 0 Å². The first-order valence-corrected chi connectivity index (χ1v) is 10.3. The largest absolute Gasteiger partial charge is 0.497 e. The molecule has 8 nitrogen and oxygen atoms in total. The van der Waals surface area contributed by atoms with Gasteiger partial charge in [-0.15, -0.1) is 0 Å². The number of methoxy groups -OCH3 is 1. The van der Waals surface area contributed by atoms with Gasteiger partial charge < -0.3 is 9.47 Å². The SMILES string of the molecule is COc1ccc(/C=N/NC(=O)COc2ccc(C(C)(C)CC(C)(C)C)cc2[N+](=O)[O-])cc1. The first-order valence-electron chi connectivity index (χ1n) is 10.3. The van der Waals surface area contributed by atoms with Crippen molar-refractivity contribution < 1.29 is 19.2 Å². The number of hydrogen-bond acceptors (Lipinski definition) is 6. The van der Waals surface area contributed by atoms with E-state index in [2.05, 4.69) is 45.1 Å². The highest BCUT2D eigenvalue weighted by Gasteiger charge is 2.29. The summed E-state index contributed by atoms with van der Waals surface area (Å²) >= 11 is 0. The smallest absolute Gasteiger partial charge is 0.311 e. The number of nitrogens with one attached hydrogen (secondary N) is 1. The Balaban J connectivity index is 2.02. The molecule has 0 aliphatic heterocycles. The van der Waals surface area contributed by atoms with Crippen LogP contribution in [0.4, 0.5) is 5.69 Å². The maximum Gasteiger partial charge on any atom is 0.311 e. The lowest BCUT2D eigenvalue weighted by Crippen LogP contribution is -2.26. The van der Waals surface area contributed by atoms with Crippen LogP contribution < -0.4 is 14.9 Å². The monoisotopic (exact) mass is 441 g/mol. The lowest BCUT2D eigenvalue weighted by atomic mass is 9.72. The van der Waals surface area contributed by atoms with Crippen LogP contribution >= 0.6 is 0 Å². The summed E-state index contributed by atoms with van der Waals surface area (Å²) in [6, 6.07) is 12.0. The highest BCUT2D eigenvalue weighted by atomic mass is 16.6. The van der Waals surface area contributed by atoms with Gasteiger partial charge in [-0.05, 0) is 58.7 Å². The van der Waals surface area contributed by atoms with Gasteiger partial charge in [0.25, 0.3) is 5.91 Å². The number of benzene rings is 2. The lowest BCUT2D eigenvalue weighted by molar-refractivity contribution is -0.385. The lowest BCUT2D eigenvalue weighted by Gasteiger charge is -2.33. The molecule has 0 heterocycles. The van der Waals surface area contributed by atoms with Crippen LogP contribution in [-0.2, 0) is 10.2 Å². The third kappa shape index (κ3) is 7.37. The van der Waals surface area contributed by atoms with Crippen LogP contribution in [0.3, 0.4) is 0 Å². The Kier molecular flexibility index (Phi) is 7.97. The number of amides is 1. The van der Waals surface area contributed by atoms with E-state index in [0.717, 1.165) is 17.5 Å². The van der Waals surface area contributed by atoms with Gasteiger partial charge >= 0.3 is 5.69 Å². The second kappa shape index (κ2) is 10.3. The van der Waals surface area contributed by atoms with E-state index < -0.39 is 17.4 Å². The molecule has 0 unspecified atom stereocenters. The fourth-order valence-corrected chi connectivity index (χ4v) is 3.68. The molecular formula is C24H31N3O5. The van der Waals surface area contributed by atoms with Crippen molar-refractivity contribution in [2.45, 2.75) is 46.5 Å². The molecular weight excluding hydrogens is 410 g/mol. The van der Waals surface area contributed by atoms with Crippen molar-refractivity contribution in [3.63, 3.8) is 0 Å². The Hall–Kier alpha value is -3.42. The maximum absolute atomic E-state index is 12.0. The summed E-state index contributed by atoms with van der Waals surface area (Å²) in [5.41, 5.74) is 3.61. The summed E-state index contributed by atoms with van der Waals surface area (Å²) in [5, 5.41) is 15.5. The van der Waals surface area contributed by atoms with Gasteiger partial charge in [0.15, 0.2) is 12.4 Å². The van der Waals surface area contributed by atoms with Crippen LogP contribution in [-0.4, -0.2) is 30.8 Å². The van der Waals surface area contributed by atoms with Crippen LogP contribution in [0.2, 0.25) is 0 Å². The third-order valence-electron chi connectivity index (χ3n) is 4.79. The molecule has 0 aromatic heterocycles. The molecule has 0 aliphatic carbocycles. The van der Waals surface area contributed by atoms with Crippen LogP contribution in [0.15, 0.2) is 47.6 Å². The average molecular weight is 442 g/mol.